The van der Waals surface area contributed by atoms with Gasteiger partial charge in [-0.25, -0.2) is 17.8 Å². The lowest BCUT2D eigenvalue weighted by atomic mass is 10.2. The van der Waals surface area contributed by atoms with Crippen LogP contribution in [0.5, 0.6) is 5.88 Å². The minimum Gasteiger partial charge on any atom is -0.480 e. The van der Waals surface area contributed by atoms with Gasteiger partial charge in [-0.3, -0.25) is 4.72 Å². The Morgan fingerprint density at radius 3 is 2.58 bits per heavy atom. The Morgan fingerprint density at radius 2 is 1.88 bits per heavy atom. The predicted molar refractivity (Wildman–Crippen MR) is 119 cm³/mol. The summed E-state index contributed by atoms with van der Waals surface area (Å²) in [4.78, 5) is 4.09. The monoisotopic (exact) mass is 466 g/mol. The van der Waals surface area contributed by atoms with E-state index in [1.807, 2.05) is 13.8 Å². The van der Waals surface area contributed by atoms with Crippen LogP contribution in [0.3, 0.4) is 0 Å². The van der Waals surface area contributed by atoms with Gasteiger partial charge >= 0.3 is 0 Å². The number of methoxy groups -OCH3 is 1. The van der Waals surface area contributed by atoms with Gasteiger partial charge in [-0.15, -0.1) is 10.2 Å². The Bertz CT molecular complexity index is 1490. The van der Waals surface area contributed by atoms with Gasteiger partial charge in [0.15, 0.2) is 5.65 Å². The molecule has 1 N–H and O–H groups in total. The van der Waals surface area contributed by atoms with Gasteiger partial charge in [0, 0.05) is 17.7 Å². The number of pyridine rings is 1. The number of aromatic nitrogens is 5. The summed E-state index contributed by atoms with van der Waals surface area (Å²) in [6.45, 7) is 3.93. The molecule has 11 heteroatoms. The van der Waals surface area contributed by atoms with Crippen molar-refractivity contribution in [3.05, 3.63) is 60.3 Å². The van der Waals surface area contributed by atoms with Gasteiger partial charge in [0.25, 0.3) is 10.0 Å². The van der Waals surface area contributed by atoms with Crippen molar-refractivity contribution >= 4 is 21.4 Å². The molecular formula is C22H19FN6O3S. The third-order valence-electron chi connectivity index (χ3n) is 4.44. The smallest absolute Gasteiger partial charge is 0.262 e. The highest BCUT2D eigenvalue weighted by Gasteiger charge is 2.19. The third-order valence-corrected chi connectivity index (χ3v) is 5.83. The molecule has 0 aliphatic carbocycles. The second-order valence-corrected chi connectivity index (χ2v) is 8.96. The number of fused-ring (bicyclic) bond motifs is 1. The molecular weight excluding hydrogens is 447 g/mol. The van der Waals surface area contributed by atoms with E-state index in [2.05, 4.69) is 36.8 Å². The van der Waals surface area contributed by atoms with Crippen molar-refractivity contribution in [3.8, 4) is 29.0 Å². The van der Waals surface area contributed by atoms with Crippen molar-refractivity contribution in [1.29, 1.82) is 0 Å². The first-order valence-electron chi connectivity index (χ1n) is 9.83. The number of rotatable bonds is 5. The fraction of sp³-hybridized carbons (Fsp3) is 0.182. The Hall–Kier alpha value is -4.04. The number of benzene rings is 1. The molecule has 0 spiro atoms. The summed E-state index contributed by atoms with van der Waals surface area (Å²) in [5, 5.41) is 12.7. The molecule has 4 aromatic rings. The Kier molecular flexibility index (Phi) is 5.93. The van der Waals surface area contributed by atoms with Crippen molar-refractivity contribution in [2.24, 2.45) is 5.92 Å². The number of halogens is 1. The van der Waals surface area contributed by atoms with Crippen LogP contribution < -0.4 is 9.46 Å². The first-order valence-corrected chi connectivity index (χ1v) is 11.3. The topological polar surface area (TPSA) is 111 Å². The van der Waals surface area contributed by atoms with E-state index in [9.17, 15) is 12.8 Å². The molecule has 0 amide bonds. The summed E-state index contributed by atoms with van der Waals surface area (Å²) < 4.78 is 47.9. The SMILES string of the molecule is COc1ncc(-c2ccc3nnc(C#CC(C)C)n3n2)cc1NS(=O)(=O)c1ccc(F)cc1. The van der Waals surface area contributed by atoms with Crippen LogP contribution in [0, 0.1) is 23.6 Å². The summed E-state index contributed by atoms with van der Waals surface area (Å²) >= 11 is 0. The van der Waals surface area contributed by atoms with Crippen LogP contribution in [0.15, 0.2) is 53.6 Å². The highest BCUT2D eigenvalue weighted by Crippen LogP contribution is 2.29. The molecule has 0 aliphatic rings. The molecule has 1 aromatic carbocycles. The molecule has 0 saturated heterocycles. The molecule has 0 radical (unpaired) electrons. The fourth-order valence-corrected chi connectivity index (χ4v) is 3.92. The van der Waals surface area contributed by atoms with E-state index in [0.717, 1.165) is 12.1 Å². The normalized spacial score (nSPS) is 11.3. The number of sulfonamides is 1. The van der Waals surface area contributed by atoms with Crippen molar-refractivity contribution in [3.63, 3.8) is 0 Å². The van der Waals surface area contributed by atoms with E-state index in [1.165, 1.54) is 30.0 Å². The largest absolute Gasteiger partial charge is 0.480 e. The second-order valence-electron chi connectivity index (χ2n) is 7.28. The molecule has 0 saturated carbocycles. The van der Waals surface area contributed by atoms with E-state index in [-0.39, 0.29) is 22.4 Å². The zero-order chi connectivity index (χ0) is 23.6. The number of hydrogen-bond acceptors (Lipinski definition) is 7. The van der Waals surface area contributed by atoms with Crippen molar-refractivity contribution in [2.45, 2.75) is 18.7 Å². The van der Waals surface area contributed by atoms with Crippen LogP contribution in [0.4, 0.5) is 10.1 Å². The molecule has 0 aliphatic heterocycles. The molecule has 33 heavy (non-hydrogen) atoms. The van der Waals surface area contributed by atoms with Crippen LogP contribution in [0.2, 0.25) is 0 Å². The van der Waals surface area contributed by atoms with Crippen molar-refractivity contribution in [1.82, 2.24) is 24.8 Å². The summed E-state index contributed by atoms with van der Waals surface area (Å²) in [5.74, 6) is 6.05. The van der Waals surface area contributed by atoms with Gasteiger partial charge in [-0.05, 0) is 48.4 Å². The number of ether oxygens (including phenoxy) is 1. The minimum absolute atomic E-state index is 0.0679. The van der Waals surface area contributed by atoms with E-state index >= 15 is 0 Å². The molecule has 0 atom stereocenters. The molecule has 4 rings (SSSR count). The molecule has 0 fully saturated rings. The van der Waals surface area contributed by atoms with E-state index < -0.39 is 15.8 Å². The molecule has 3 aromatic heterocycles. The molecule has 0 bridgehead atoms. The van der Waals surface area contributed by atoms with Gasteiger partial charge in [-0.1, -0.05) is 19.8 Å². The van der Waals surface area contributed by atoms with Gasteiger partial charge < -0.3 is 4.74 Å². The van der Waals surface area contributed by atoms with Crippen molar-refractivity contribution < 1.29 is 17.5 Å². The van der Waals surface area contributed by atoms with Crippen LogP contribution in [-0.2, 0) is 10.0 Å². The second kappa shape index (κ2) is 8.84. The van der Waals surface area contributed by atoms with Gasteiger partial charge in [0.1, 0.15) is 11.5 Å². The van der Waals surface area contributed by atoms with Gasteiger partial charge in [0.2, 0.25) is 11.7 Å². The van der Waals surface area contributed by atoms with Crippen molar-refractivity contribution in [2.75, 3.05) is 11.8 Å². The highest BCUT2D eigenvalue weighted by atomic mass is 32.2. The maximum atomic E-state index is 13.2. The lowest BCUT2D eigenvalue weighted by Gasteiger charge is -2.12. The van der Waals surface area contributed by atoms with Crippen LogP contribution in [0.25, 0.3) is 16.9 Å². The summed E-state index contributed by atoms with van der Waals surface area (Å²) in [5.41, 5.74) is 1.63. The zero-order valence-electron chi connectivity index (χ0n) is 17.9. The Labute approximate surface area is 189 Å². The van der Waals surface area contributed by atoms with Crippen LogP contribution >= 0.6 is 0 Å². The number of nitrogens with one attached hydrogen (secondary N) is 1. The maximum Gasteiger partial charge on any atom is 0.262 e. The first-order chi connectivity index (χ1) is 15.8. The average Bonchev–Trinajstić information content (AvgIpc) is 3.20. The number of nitrogens with zero attached hydrogens (tertiary/aromatic N) is 5. The summed E-state index contributed by atoms with van der Waals surface area (Å²) in [6, 6.07) is 9.46. The maximum absolute atomic E-state index is 13.2. The molecule has 9 nitrogen and oxygen atoms in total. The minimum atomic E-state index is -4.01. The average molecular weight is 466 g/mol. The molecule has 0 unspecified atom stereocenters. The first kappa shape index (κ1) is 22.2. The predicted octanol–water partition coefficient (Wildman–Crippen LogP) is 3.14. The Balaban J connectivity index is 1.74. The van der Waals surface area contributed by atoms with Crippen LogP contribution in [0.1, 0.15) is 19.7 Å². The lowest BCUT2D eigenvalue weighted by molar-refractivity contribution is 0.400. The standard InChI is InChI=1S/C22H19FN6O3S/c1-14(2)4-10-20-25-26-21-11-9-18(27-29(20)21)15-12-19(22(32-3)24-13-15)28-33(30,31)17-7-5-16(23)6-8-17/h5-9,11-14,28H,1-3H3. The van der Waals surface area contributed by atoms with Crippen LogP contribution in [-0.4, -0.2) is 40.3 Å². The summed E-state index contributed by atoms with van der Waals surface area (Å²) in [7, 11) is -2.64. The zero-order valence-corrected chi connectivity index (χ0v) is 18.8. The quantitative estimate of drug-likeness (QED) is 0.450. The third kappa shape index (κ3) is 4.75. The van der Waals surface area contributed by atoms with Gasteiger partial charge in [-0.2, -0.15) is 9.61 Å². The highest BCUT2D eigenvalue weighted by molar-refractivity contribution is 7.92. The van der Waals surface area contributed by atoms with Gasteiger partial charge in [0.05, 0.1) is 17.7 Å². The molecule has 3 heterocycles. The van der Waals surface area contributed by atoms with E-state index in [1.54, 1.807) is 18.2 Å². The lowest BCUT2D eigenvalue weighted by Crippen LogP contribution is -2.14. The van der Waals surface area contributed by atoms with E-state index in [0.29, 0.717) is 22.7 Å². The fourth-order valence-electron chi connectivity index (χ4n) is 2.88. The number of anilines is 1. The Morgan fingerprint density at radius 1 is 1.12 bits per heavy atom. The molecule has 168 valence electrons. The summed E-state index contributed by atoms with van der Waals surface area (Å²) in [6.07, 6.45) is 1.51. The van der Waals surface area contributed by atoms with E-state index in [4.69, 9.17) is 4.74 Å². The number of hydrogen-bond donors (Lipinski definition) is 1.